The minimum absolute atomic E-state index is 0.0521. The third-order valence-electron chi connectivity index (χ3n) is 4.62. The molecule has 1 heterocycles. The molecule has 3 N–H and O–H groups in total. The molecule has 3 rings (SSSR count). The Hall–Kier alpha value is -2.77. The molecule has 0 aromatic heterocycles. The number of hydrazine groups is 1. The summed E-state index contributed by atoms with van der Waals surface area (Å²) >= 11 is 0. The third-order valence-corrected chi connectivity index (χ3v) is 4.62. The number of hydrogen-bond donors (Lipinski definition) is 3. The van der Waals surface area contributed by atoms with Crippen molar-refractivity contribution in [3.63, 3.8) is 0 Å². The Labute approximate surface area is 151 Å². The van der Waals surface area contributed by atoms with Gasteiger partial charge >= 0.3 is 0 Å². The number of fused-ring (bicyclic) bond motifs is 1. The first-order valence-corrected chi connectivity index (χ1v) is 8.80. The quantitative estimate of drug-likeness (QED) is 0.684. The number of benzene rings is 1. The smallest absolute Gasteiger partial charge is 0.283 e. The van der Waals surface area contributed by atoms with Crippen molar-refractivity contribution in [2.24, 2.45) is 5.92 Å². The molecule has 0 spiro atoms. The molecule has 2 atom stereocenters. The Balaban J connectivity index is 1.54. The molecule has 26 heavy (non-hydrogen) atoms. The Kier molecular flexibility index (Phi) is 5.60. The van der Waals surface area contributed by atoms with E-state index >= 15 is 0 Å². The van der Waals surface area contributed by atoms with Crippen LogP contribution in [0.2, 0.25) is 0 Å². The standard InChI is InChI=1S/C18H23N3O5/c1-11(22)19-16(12-6-2-3-7-12)18(24)21-20-17(23)15-10-25-13-8-4-5-9-14(13)26-15/h4-5,8-9,12,15-16H,2-3,6-7,10H2,1H3,(H,19,22)(H,20,23)(H,21,24). The van der Waals surface area contributed by atoms with Gasteiger partial charge in [0.05, 0.1) is 0 Å². The highest BCUT2D eigenvalue weighted by Crippen LogP contribution is 2.31. The Bertz CT molecular complexity index is 687. The molecule has 0 radical (unpaired) electrons. The maximum absolute atomic E-state index is 12.4. The highest BCUT2D eigenvalue weighted by atomic mass is 16.6. The molecule has 0 saturated heterocycles. The monoisotopic (exact) mass is 361 g/mol. The molecule has 2 unspecified atom stereocenters. The van der Waals surface area contributed by atoms with Crippen molar-refractivity contribution in [3.8, 4) is 11.5 Å². The van der Waals surface area contributed by atoms with Crippen molar-refractivity contribution in [2.75, 3.05) is 6.61 Å². The van der Waals surface area contributed by atoms with E-state index in [-0.39, 0.29) is 18.4 Å². The summed E-state index contributed by atoms with van der Waals surface area (Å²) in [4.78, 5) is 36.1. The third kappa shape index (κ3) is 4.25. The summed E-state index contributed by atoms with van der Waals surface area (Å²) in [5.74, 6) is -0.0841. The second kappa shape index (κ2) is 8.07. The number of rotatable bonds is 4. The minimum atomic E-state index is -0.865. The fraction of sp³-hybridized carbons (Fsp3) is 0.500. The van der Waals surface area contributed by atoms with Crippen molar-refractivity contribution in [2.45, 2.75) is 44.8 Å². The SMILES string of the molecule is CC(=O)NC(C(=O)NNC(=O)C1COc2ccccc2O1)C1CCCC1. The van der Waals surface area contributed by atoms with E-state index in [4.69, 9.17) is 9.47 Å². The zero-order valence-corrected chi connectivity index (χ0v) is 14.6. The van der Waals surface area contributed by atoms with Crippen molar-refractivity contribution < 1.29 is 23.9 Å². The van der Waals surface area contributed by atoms with E-state index in [1.165, 1.54) is 6.92 Å². The van der Waals surface area contributed by atoms with Gasteiger partial charge in [-0.25, -0.2) is 0 Å². The van der Waals surface area contributed by atoms with Gasteiger partial charge < -0.3 is 14.8 Å². The fourth-order valence-electron chi connectivity index (χ4n) is 3.34. The maximum atomic E-state index is 12.4. The molecule has 1 fully saturated rings. The second-order valence-corrected chi connectivity index (χ2v) is 6.57. The van der Waals surface area contributed by atoms with Crippen LogP contribution in [0.5, 0.6) is 11.5 Å². The van der Waals surface area contributed by atoms with Crippen LogP contribution in [0.15, 0.2) is 24.3 Å². The lowest BCUT2D eigenvalue weighted by Crippen LogP contribution is -2.57. The predicted molar refractivity (Wildman–Crippen MR) is 92.2 cm³/mol. The summed E-state index contributed by atoms with van der Waals surface area (Å²) in [7, 11) is 0. The van der Waals surface area contributed by atoms with Crippen molar-refractivity contribution in [1.29, 1.82) is 0 Å². The first-order valence-electron chi connectivity index (χ1n) is 8.80. The molecular formula is C18H23N3O5. The number of ether oxygens (including phenoxy) is 2. The first kappa shape index (κ1) is 18.0. The number of nitrogens with one attached hydrogen (secondary N) is 3. The van der Waals surface area contributed by atoms with Crippen LogP contribution in [0, 0.1) is 5.92 Å². The van der Waals surface area contributed by atoms with E-state index in [1.807, 2.05) is 6.07 Å². The van der Waals surface area contributed by atoms with Gasteiger partial charge in [0.2, 0.25) is 12.0 Å². The van der Waals surface area contributed by atoms with E-state index in [0.717, 1.165) is 25.7 Å². The topological polar surface area (TPSA) is 106 Å². The van der Waals surface area contributed by atoms with Crippen LogP contribution in [0.25, 0.3) is 0 Å². The molecule has 2 aliphatic rings. The number of carbonyl (C=O) groups is 3. The van der Waals surface area contributed by atoms with Gasteiger partial charge in [-0.2, -0.15) is 0 Å². The van der Waals surface area contributed by atoms with Crippen LogP contribution in [0.4, 0.5) is 0 Å². The lowest BCUT2D eigenvalue weighted by molar-refractivity contribution is -0.136. The minimum Gasteiger partial charge on any atom is -0.485 e. The van der Waals surface area contributed by atoms with E-state index in [0.29, 0.717) is 11.5 Å². The van der Waals surface area contributed by atoms with Gasteiger partial charge in [0.25, 0.3) is 11.8 Å². The maximum Gasteiger partial charge on any atom is 0.283 e. The number of carbonyl (C=O) groups excluding carboxylic acids is 3. The van der Waals surface area contributed by atoms with E-state index in [1.54, 1.807) is 18.2 Å². The molecule has 1 saturated carbocycles. The number of para-hydroxylation sites is 2. The molecule has 3 amide bonds. The molecule has 1 aliphatic heterocycles. The van der Waals surface area contributed by atoms with Gasteiger partial charge in [-0.15, -0.1) is 0 Å². The first-order chi connectivity index (χ1) is 12.5. The van der Waals surface area contributed by atoms with E-state index in [2.05, 4.69) is 16.2 Å². The highest BCUT2D eigenvalue weighted by Gasteiger charge is 2.33. The highest BCUT2D eigenvalue weighted by molar-refractivity contribution is 5.90. The number of hydrogen-bond acceptors (Lipinski definition) is 5. The lowest BCUT2D eigenvalue weighted by Gasteiger charge is -2.27. The molecule has 8 heteroatoms. The molecule has 8 nitrogen and oxygen atoms in total. The van der Waals surface area contributed by atoms with Gasteiger partial charge in [0, 0.05) is 6.92 Å². The molecule has 0 bridgehead atoms. The van der Waals surface area contributed by atoms with Crippen LogP contribution in [-0.4, -0.2) is 36.5 Å². The second-order valence-electron chi connectivity index (χ2n) is 6.57. The zero-order chi connectivity index (χ0) is 18.5. The van der Waals surface area contributed by atoms with Crippen LogP contribution in [0.1, 0.15) is 32.6 Å². The van der Waals surface area contributed by atoms with Crippen molar-refractivity contribution in [1.82, 2.24) is 16.2 Å². The molecule has 1 aromatic rings. The van der Waals surface area contributed by atoms with Gasteiger partial charge in [-0.05, 0) is 30.9 Å². The Morgan fingerprint density at radius 2 is 1.77 bits per heavy atom. The average Bonchev–Trinajstić information content (AvgIpc) is 3.17. The molecule has 1 aliphatic carbocycles. The summed E-state index contributed by atoms with van der Waals surface area (Å²) < 4.78 is 11.1. The molecule has 140 valence electrons. The zero-order valence-electron chi connectivity index (χ0n) is 14.6. The van der Waals surface area contributed by atoms with Crippen LogP contribution >= 0.6 is 0 Å². The lowest BCUT2D eigenvalue weighted by atomic mass is 9.97. The fourth-order valence-corrected chi connectivity index (χ4v) is 3.34. The van der Waals surface area contributed by atoms with Crippen molar-refractivity contribution in [3.05, 3.63) is 24.3 Å². The summed E-state index contributed by atoms with van der Waals surface area (Å²) in [6, 6.07) is 6.41. The summed E-state index contributed by atoms with van der Waals surface area (Å²) in [6.45, 7) is 1.43. The molecular weight excluding hydrogens is 338 g/mol. The van der Waals surface area contributed by atoms with Gasteiger partial charge in [-0.3, -0.25) is 25.2 Å². The predicted octanol–water partition coefficient (Wildman–Crippen LogP) is 0.669. The van der Waals surface area contributed by atoms with Crippen LogP contribution in [-0.2, 0) is 14.4 Å². The van der Waals surface area contributed by atoms with Gasteiger partial charge in [-0.1, -0.05) is 25.0 Å². The van der Waals surface area contributed by atoms with Crippen LogP contribution in [0.3, 0.4) is 0 Å². The van der Waals surface area contributed by atoms with Crippen LogP contribution < -0.4 is 25.6 Å². The van der Waals surface area contributed by atoms with Gasteiger partial charge in [0.15, 0.2) is 11.5 Å². The summed E-state index contributed by atoms with van der Waals surface area (Å²) in [5, 5.41) is 2.68. The van der Waals surface area contributed by atoms with Crippen molar-refractivity contribution >= 4 is 17.7 Å². The summed E-state index contributed by atoms with van der Waals surface area (Å²) in [6.07, 6.45) is 2.96. The van der Waals surface area contributed by atoms with E-state index in [9.17, 15) is 14.4 Å². The Morgan fingerprint density at radius 1 is 1.08 bits per heavy atom. The normalized spacial score (nSPS) is 20.1. The molecule has 1 aromatic carbocycles. The van der Waals surface area contributed by atoms with E-state index < -0.39 is 24.0 Å². The Morgan fingerprint density at radius 3 is 2.46 bits per heavy atom. The summed E-state index contributed by atoms with van der Waals surface area (Å²) in [5.41, 5.74) is 4.76. The largest absolute Gasteiger partial charge is 0.485 e. The van der Waals surface area contributed by atoms with Gasteiger partial charge in [0.1, 0.15) is 12.6 Å². The number of amides is 3. The average molecular weight is 361 g/mol.